The number of hydrogen-bond donors (Lipinski definition) is 3. The predicted molar refractivity (Wildman–Crippen MR) is 118 cm³/mol. The van der Waals surface area contributed by atoms with E-state index in [9.17, 15) is 18.0 Å². The molecular formula is C25H26F3N3O. The smallest absolute Gasteiger partial charge is 0.240 e. The lowest BCUT2D eigenvalue weighted by Crippen LogP contribution is -2.52. The number of fused-ring (bicyclic) bond motifs is 1. The lowest BCUT2D eigenvalue weighted by Gasteiger charge is -2.37. The van der Waals surface area contributed by atoms with Crippen molar-refractivity contribution in [3.63, 3.8) is 0 Å². The maximum absolute atomic E-state index is 14.5. The van der Waals surface area contributed by atoms with Crippen molar-refractivity contribution in [1.82, 2.24) is 15.6 Å². The fourth-order valence-corrected chi connectivity index (χ4v) is 5.17. The van der Waals surface area contributed by atoms with Gasteiger partial charge in [-0.15, -0.1) is 0 Å². The number of halogens is 3. The van der Waals surface area contributed by atoms with Gasteiger partial charge in [0.05, 0.1) is 16.7 Å². The second kappa shape index (κ2) is 7.96. The molecule has 0 unspecified atom stereocenters. The lowest BCUT2D eigenvalue weighted by molar-refractivity contribution is -0.126. The molecule has 2 aliphatic rings. The first-order chi connectivity index (χ1) is 15.3. The molecule has 2 fully saturated rings. The summed E-state index contributed by atoms with van der Waals surface area (Å²) in [5, 5.41) is 6.86. The Bertz CT molecular complexity index is 1160. The van der Waals surface area contributed by atoms with Crippen LogP contribution in [0, 0.1) is 23.4 Å². The highest BCUT2D eigenvalue weighted by atomic mass is 19.1. The molecule has 1 saturated carbocycles. The van der Waals surface area contributed by atoms with E-state index >= 15 is 0 Å². The van der Waals surface area contributed by atoms with Gasteiger partial charge >= 0.3 is 0 Å². The Morgan fingerprint density at radius 1 is 1.12 bits per heavy atom. The van der Waals surface area contributed by atoms with Crippen molar-refractivity contribution in [1.29, 1.82) is 0 Å². The fraction of sp³-hybridized carbons (Fsp3) is 0.400. The number of rotatable bonds is 5. The molecule has 2 aromatic carbocycles. The van der Waals surface area contributed by atoms with Crippen LogP contribution in [-0.4, -0.2) is 29.5 Å². The highest BCUT2D eigenvalue weighted by molar-refractivity contribution is 5.92. The second-order valence-corrected chi connectivity index (χ2v) is 9.34. The second-order valence-electron chi connectivity index (χ2n) is 9.34. The number of nitrogens with one attached hydrogen (secondary N) is 3. The Labute approximate surface area is 184 Å². The van der Waals surface area contributed by atoms with Crippen molar-refractivity contribution in [2.24, 2.45) is 5.92 Å². The molecule has 5 rings (SSSR count). The molecule has 4 nitrogen and oxygen atoms in total. The van der Waals surface area contributed by atoms with Crippen molar-refractivity contribution in [3.05, 3.63) is 59.4 Å². The first-order valence-electron chi connectivity index (χ1n) is 11.1. The Hall–Kier alpha value is -2.80. The summed E-state index contributed by atoms with van der Waals surface area (Å²) in [4.78, 5) is 15.7. The van der Waals surface area contributed by atoms with Crippen LogP contribution < -0.4 is 10.6 Å². The molecule has 32 heavy (non-hydrogen) atoms. The Morgan fingerprint density at radius 3 is 2.56 bits per heavy atom. The third-order valence-corrected chi connectivity index (χ3v) is 7.06. The summed E-state index contributed by atoms with van der Waals surface area (Å²) in [6.07, 6.45) is 3.45. The van der Waals surface area contributed by atoms with Crippen LogP contribution in [0.15, 0.2) is 36.4 Å². The van der Waals surface area contributed by atoms with E-state index < -0.39 is 17.2 Å². The molecule has 3 aromatic rings. The number of aromatic nitrogens is 1. The molecule has 1 aliphatic carbocycles. The molecule has 1 aromatic heterocycles. The lowest BCUT2D eigenvalue weighted by atomic mass is 9.70. The molecule has 1 atom stereocenters. The molecular weight excluding hydrogens is 415 g/mol. The van der Waals surface area contributed by atoms with Crippen LogP contribution in [0.3, 0.4) is 0 Å². The molecule has 3 N–H and O–H groups in total. The standard InChI is InChI=1S/C25H26F3N3O/c1-25(7-2-8-30-25)24(32)29-13-14-9-16(10-14)21-19-11-18(27)12-20(28)23(19)31-22(21)15-3-5-17(26)6-4-15/h3-6,11-12,14,16,30-31H,2,7-10,13H2,1H3,(H,29,32)/t14?,16?,25-/m0/s1. The molecule has 1 aliphatic heterocycles. The van der Waals surface area contributed by atoms with E-state index in [2.05, 4.69) is 15.6 Å². The van der Waals surface area contributed by atoms with Gasteiger partial charge in [-0.3, -0.25) is 4.79 Å². The van der Waals surface area contributed by atoms with E-state index in [1.807, 2.05) is 6.92 Å². The summed E-state index contributed by atoms with van der Waals surface area (Å²) >= 11 is 0. The molecule has 0 spiro atoms. The molecule has 1 amide bonds. The van der Waals surface area contributed by atoms with E-state index in [1.165, 1.54) is 18.2 Å². The van der Waals surface area contributed by atoms with Gasteiger partial charge in [0, 0.05) is 18.0 Å². The molecule has 1 saturated heterocycles. The van der Waals surface area contributed by atoms with Crippen molar-refractivity contribution >= 4 is 16.8 Å². The number of hydrogen-bond acceptors (Lipinski definition) is 2. The minimum absolute atomic E-state index is 0.0293. The summed E-state index contributed by atoms with van der Waals surface area (Å²) < 4.78 is 42.0. The fourth-order valence-electron chi connectivity index (χ4n) is 5.17. The molecule has 7 heteroatoms. The highest BCUT2D eigenvalue weighted by Crippen LogP contribution is 2.48. The first-order valence-corrected chi connectivity index (χ1v) is 11.1. The summed E-state index contributed by atoms with van der Waals surface area (Å²) in [6, 6.07) is 8.23. The number of amides is 1. The highest BCUT2D eigenvalue weighted by Gasteiger charge is 2.38. The number of benzene rings is 2. The van der Waals surface area contributed by atoms with Crippen molar-refractivity contribution in [2.45, 2.75) is 44.1 Å². The first kappa shape index (κ1) is 21.1. The van der Waals surface area contributed by atoms with Crippen molar-refractivity contribution < 1.29 is 18.0 Å². The van der Waals surface area contributed by atoms with Crippen LogP contribution in [0.1, 0.15) is 44.1 Å². The van der Waals surface area contributed by atoms with Crippen molar-refractivity contribution in [2.75, 3.05) is 13.1 Å². The molecule has 0 bridgehead atoms. The Kier molecular flexibility index (Phi) is 5.24. The van der Waals surface area contributed by atoms with E-state index in [1.54, 1.807) is 12.1 Å². The average molecular weight is 441 g/mol. The maximum atomic E-state index is 14.5. The van der Waals surface area contributed by atoms with Gasteiger partial charge in [-0.05, 0) is 92.4 Å². The number of H-pyrrole nitrogens is 1. The quantitative estimate of drug-likeness (QED) is 0.522. The van der Waals surface area contributed by atoms with Gasteiger partial charge in [0.15, 0.2) is 0 Å². The normalized spacial score (nSPS) is 25.1. The van der Waals surface area contributed by atoms with Gasteiger partial charge in [0.2, 0.25) is 5.91 Å². The zero-order valence-corrected chi connectivity index (χ0v) is 17.9. The van der Waals surface area contributed by atoms with Crippen LogP contribution in [-0.2, 0) is 4.79 Å². The SMILES string of the molecule is C[C@@]1(C(=O)NCC2CC(c3c(-c4ccc(F)cc4)[nH]c4c(F)cc(F)cc34)C2)CCCN1. The maximum Gasteiger partial charge on any atom is 0.240 e. The van der Waals surface area contributed by atoms with Crippen molar-refractivity contribution in [3.8, 4) is 11.3 Å². The topological polar surface area (TPSA) is 56.9 Å². The number of carbonyl (C=O) groups excluding carboxylic acids is 1. The van der Waals surface area contributed by atoms with Crippen LogP contribution in [0.4, 0.5) is 13.2 Å². The van der Waals surface area contributed by atoms with Gasteiger partial charge in [-0.25, -0.2) is 13.2 Å². The minimum atomic E-state index is -0.643. The Balaban J connectivity index is 1.37. The van der Waals surface area contributed by atoms with Gasteiger partial charge in [0.25, 0.3) is 0 Å². The zero-order chi connectivity index (χ0) is 22.5. The van der Waals surface area contributed by atoms with Gasteiger partial charge in [0.1, 0.15) is 17.5 Å². The average Bonchev–Trinajstić information content (AvgIpc) is 3.33. The third kappa shape index (κ3) is 3.68. The summed E-state index contributed by atoms with van der Waals surface area (Å²) in [5.41, 5.74) is 2.05. The van der Waals surface area contributed by atoms with E-state index in [4.69, 9.17) is 0 Å². The predicted octanol–water partition coefficient (Wildman–Crippen LogP) is 5.00. The number of carbonyl (C=O) groups is 1. The monoisotopic (exact) mass is 441 g/mol. The zero-order valence-electron chi connectivity index (χ0n) is 17.9. The molecule has 168 valence electrons. The van der Waals surface area contributed by atoms with E-state index in [0.29, 0.717) is 23.5 Å². The van der Waals surface area contributed by atoms with Gasteiger partial charge in [-0.1, -0.05) is 0 Å². The summed E-state index contributed by atoms with van der Waals surface area (Å²) in [5.74, 6) is -1.18. The van der Waals surface area contributed by atoms with Crippen LogP contribution in [0.25, 0.3) is 22.2 Å². The largest absolute Gasteiger partial charge is 0.354 e. The molecule has 2 heterocycles. The van der Waals surface area contributed by atoms with E-state index in [-0.39, 0.29) is 23.2 Å². The summed E-state index contributed by atoms with van der Waals surface area (Å²) in [7, 11) is 0. The van der Waals surface area contributed by atoms with Gasteiger partial charge < -0.3 is 15.6 Å². The number of aromatic amines is 1. The van der Waals surface area contributed by atoms with Crippen LogP contribution >= 0.6 is 0 Å². The molecule has 0 radical (unpaired) electrons. The van der Waals surface area contributed by atoms with Crippen LogP contribution in [0.2, 0.25) is 0 Å². The summed E-state index contributed by atoms with van der Waals surface area (Å²) in [6.45, 7) is 3.38. The third-order valence-electron chi connectivity index (χ3n) is 7.06. The Morgan fingerprint density at radius 2 is 1.88 bits per heavy atom. The van der Waals surface area contributed by atoms with Gasteiger partial charge in [-0.2, -0.15) is 0 Å². The minimum Gasteiger partial charge on any atom is -0.354 e. The van der Waals surface area contributed by atoms with E-state index in [0.717, 1.165) is 49.4 Å². The van der Waals surface area contributed by atoms with Crippen LogP contribution in [0.5, 0.6) is 0 Å².